The third-order valence-electron chi connectivity index (χ3n) is 22.0. The van der Waals surface area contributed by atoms with Crippen LogP contribution in [0.15, 0.2) is 42.0 Å². The second kappa shape index (κ2) is 34.7. The largest absolute Gasteiger partial charge is 0.173 e. The number of aryl methyl sites for hydroxylation is 2. The van der Waals surface area contributed by atoms with Crippen LogP contribution in [0.5, 0.6) is 0 Å². The van der Waals surface area contributed by atoms with E-state index in [2.05, 4.69) is 91.8 Å². The molecule has 0 radical (unpaired) electrons. The number of nitrogens with zero attached hydrogens (tertiary/aromatic N) is 4. The van der Waals surface area contributed by atoms with Gasteiger partial charge in [0.2, 0.25) is 0 Å². The molecule has 0 bridgehead atoms. The zero-order valence-electron chi connectivity index (χ0n) is 58.0. The first-order valence-electron chi connectivity index (χ1n) is 37.9. The lowest BCUT2D eigenvalue weighted by atomic mass is 9.68. The Kier molecular flexibility index (Phi) is 26.7. The van der Waals surface area contributed by atoms with E-state index in [4.69, 9.17) is 17.5 Å². The Morgan fingerprint density at radius 1 is 0.322 bits per heavy atom. The van der Waals surface area contributed by atoms with Gasteiger partial charge in [0.1, 0.15) is 22.1 Å². The molecule has 0 fully saturated rings. The van der Waals surface area contributed by atoms with Gasteiger partial charge in [-0.15, -0.1) is 22.7 Å². The van der Waals surface area contributed by atoms with E-state index in [9.17, 15) is 0 Å². The normalized spacial score (nSPS) is 14.1. The molecule has 7 aromatic rings. The molecule has 0 aliphatic heterocycles. The molecule has 3 aromatic carbocycles. The van der Waals surface area contributed by atoms with E-state index in [0.717, 1.165) is 22.1 Å². The number of fused-ring (bicyclic) bond motifs is 13. The van der Waals surface area contributed by atoms with Gasteiger partial charge in [-0.2, -0.15) is 17.5 Å². The minimum Gasteiger partial charge on any atom is -0.173 e. The predicted octanol–water partition coefficient (Wildman–Crippen LogP) is 28.7. The van der Waals surface area contributed by atoms with Crippen LogP contribution in [0.25, 0.3) is 70.1 Å². The Morgan fingerprint density at radius 2 is 0.644 bits per heavy atom. The van der Waals surface area contributed by atoms with Crippen molar-refractivity contribution in [3.05, 3.63) is 85.8 Å². The fourth-order valence-electron chi connectivity index (χ4n) is 17.0. The molecule has 0 saturated carbocycles. The van der Waals surface area contributed by atoms with Crippen LogP contribution in [0.3, 0.4) is 0 Å². The van der Waals surface area contributed by atoms with Crippen molar-refractivity contribution in [2.45, 2.75) is 349 Å². The molecule has 0 atom stereocenters. The summed E-state index contributed by atoms with van der Waals surface area (Å²) in [6.45, 7) is 18.6. The van der Waals surface area contributed by atoms with Gasteiger partial charge in [0.25, 0.3) is 0 Å². The first-order chi connectivity index (χ1) is 44.2. The van der Waals surface area contributed by atoms with E-state index in [1.165, 1.54) is 381 Å². The SMILES string of the molecule is CCCCCCCCCCCCC1(CCCCCCCCCCCC)c2cc3c(cc2-c2c1cc(C)c1nsnc21)C(CCCCCCCCCCCC)(CCCCCCCCCCCC)c1cc(-c2cc4c(s2)-c2sc(C)cc2C4=C(C)C)c2nsnc2c1-3. The average molecular weight is 1290 g/mol. The standard InChI is InChI=1S/C82H118N4S4/c1-9-13-17-21-25-29-33-37-41-45-49-81(50-46-42-38-34-30-26-22-18-14-10-2)67-56-63-68(55-62(67)73-69(81)53-60(7)75-77(73)85-89-83-75)82(51-47-43-39-35-31-27-23-19-15-11-3,52-48-44-40-36-32-28-24-20-16-12-4)70-57-64(76-78(74(63)70)86-90-84-76)71-58-66-72(59(5)6)65-54-61(8)87-79(65)80(66)88-71/h53-58H,9-52H2,1-8H3. The lowest BCUT2D eigenvalue weighted by Crippen LogP contribution is -2.27. The highest BCUT2D eigenvalue weighted by Crippen LogP contribution is 2.64. The number of benzene rings is 3. The van der Waals surface area contributed by atoms with Crippen molar-refractivity contribution in [2.75, 3.05) is 0 Å². The molecule has 3 aliphatic rings. The summed E-state index contributed by atoms with van der Waals surface area (Å²) < 4.78 is 21.4. The van der Waals surface area contributed by atoms with Crippen molar-refractivity contribution in [2.24, 2.45) is 0 Å². The Labute approximate surface area is 564 Å². The number of hydrogen-bond acceptors (Lipinski definition) is 8. The maximum absolute atomic E-state index is 5.54. The molecule has 4 nitrogen and oxygen atoms in total. The van der Waals surface area contributed by atoms with Crippen LogP contribution in [0.1, 0.15) is 368 Å². The molecule has 0 saturated heterocycles. The fraction of sp³-hybridized carbons (Fsp3) is 0.659. The van der Waals surface area contributed by atoms with Crippen molar-refractivity contribution in [1.29, 1.82) is 0 Å². The number of rotatable bonds is 45. The summed E-state index contributed by atoms with van der Waals surface area (Å²) in [5, 5.41) is 0. The molecular formula is C82H118N4S4. The molecule has 90 heavy (non-hydrogen) atoms. The Hall–Kier alpha value is -3.56. The number of allylic oxidation sites excluding steroid dienone is 1. The molecule has 490 valence electrons. The van der Waals surface area contributed by atoms with E-state index in [1.807, 2.05) is 22.7 Å². The summed E-state index contributed by atoms with van der Waals surface area (Å²) in [5.74, 6) is 0. The second-order valence-electron chi connectivity index (χ2n) is 29.0. The third-order valence-corrected chi connectivity index (χ3v) is 25.4. The minimum atomic E-state index is -0.141. The molecule has 0 unspecified atom stereocenters. The van der Waals surface area contributed by atoms with E-state index in [-0.39, 0.29) is 10.8 Å². The first-order valence-corrected chi connectivity index (χ1v) is 41.0. The molecule has 0 spiro atoms. The molecule has 10 rings (SSSR count). The van der Waals surface area contributed by atoms with Gasteiger partial charge in [-0.1, -0.05) is 296 Å². The van der Waals surface area contributed by atoms with E-state index in [0.29, 0.717) is 0 Å². The maximum atomic E-state index is 5.54. The smallest absolute Gasteiger partial charge is 0.114 e. The molecule has 8 heteroatoms. The van der Waals surface area contributed by atoms with E-state index >= 15 is 0 Å². The average Bonchev–Trinajstić information content (AvgIpc) is 1.58. The van der Waals surface area contributed by atoms with Gasteiger partial charge in [-0.3, -0.25) is 0 Å². The van der Waals surface area contributed by atoms with Crippen molar-refractivity contribution in [1.82, 2.24) is 17.5 Å². The van der Waals surface area contributed by atoms with Crippen LogP contribution in [-0.2, 0) is 10.8 Å². The van der Waals surface area contributed by atoms with Crippen LogP contribution in [0.4, 0.5) is 0 Å². The van der Waals surface area contributed by atoms with Crippen LogP contribution >= 0.6 is 46.1 Å². The Bertz CT molecular complexity index is 3340. The summed E-state index contributed by atoms with van der Waals surface area (Å²) in [6.07, 6.45) is 59.1. The molecule has 4 heterocycles. The van der Waals surface area contributed by atoms with Gasteiger partial charge in [-0.25, -0.2) is 0 Å². The lowest BCUT2D eigenvalue weighted by molar-refractivity contribution is 0.393. The van der Waals surface area contributed by atoms with Gasteiger partial charge in [-0.05, 0) is 128 Å². The van der Waals surface area contributed by atoms with Crippen LogP contribution in [0, 0.1) is 13.8 Å². The monoisotopic (exact) mass is 1290 g/mol. The second-order valence-corrected chi connectivity index (χ2v) is 32.4. The van der Waals surface area contributed by atoms with E-state index in [1.54, 1.807) is 22.3 Å². The highest BCUT2D eigenvalue weighted by atomic mass is 32.1. The number of thiophene rings is 2. The van der Waals surface area contributed by atoms with Gasteiger partial charge < -0.3 is 0 Å². The fourth-order valence-corrected chi connectivity index (χ4v) is 20.6. The van der Waals surface area contributed by atoms with Crippen molar-refractivity contribution in [3.63, 3.8) is 0 Å². The summed E-state index contributed by atoms with van der Waals surface area (Å²) in [6, 6.07) is 16.1. The molecule has 4 aromatic heterocycles. The van der Waals surface area contributed by atoms with E-state index < -0.39 is 0 Å². The molecule has 3 aliphatic carbocycles. The van der Waals surface area contributed by atoms with Crippen molar-refractivity contribution < 1.29 is 0 Å². The number of aromatic nitrogens is 4. The summed E-state index contributed by atoms with van der Waals surface area (Å²) in [4.78, 5) is 5.67. The van der Waals surface area contributed by atoms with Crippen molar-refractivity contribution >= 4 is 73.8 Å². The Morgan fingerprint density at radius 3 is 1.04 bits per heavy atom. The van der Waals surface area contributed by atoms with Gasteiger partial charge in [0.05, 0.1) is 33.2 Å². The topological polar surface area (TPSA) is 51.6 Å². The maximum Gasteiger partial charge on any atom is 0.114 e. The van der Waals surface area contributed by atoms with Gasteiger partial charge >= 0.3 is 0 Å². The predicted molar refractivity (Wildman–Crippen MR) is 400 cm³/mol. The van der Waals surface area contributed by atoms with Crippen molar-refractivity contribution in [3.8, 4) is 42.4 Å². The number of unbranched alkanes of at least 4 members (excludes halogenated alkanes) is 36. The molecule has 0 amide bonds. The molecule has 0 N–H and O–H groups in total. The van der Waals surface area contributed by atoms with Crippen LogP contribution in [0.2, 0.25) is 0 Å². The first kappa shape index (κ1) is 69.3. The summed E-state index contributed by atoms with van der Waals surface area (Å²) in [7, 11) is 0. The Balaban J connectivity index is 1.09. The number of hydrogen-bond donors (Lipinski definition) is 0. The lowest BCUT2D eigenvalue weighted by Gasteiger charge is -2.35. The zero-order valence-corrected chi connectivity index (χ0v) is 61.3. The minimum absolute atomic E-state index is 0.0837. The third kappa shape index (κ3) is 15.9. The van der Waals surface area contributed by atoms with Crippen LogP contribution in [-0.4, -0.2) is 17.5 Å². The summed E-state index contributed by atoms with van der Waals surface area (Å²) >= 11 is 6.88. The van der Waals surface area contributed by atoms with Gasteiger partial charge in [0.15, 0.2) is 0 Å². The highest BCUT2D eigenvalue weighted by Gasteiger charge is 2.50. The van der Waals surface area contributed by atoms with Crippen LogP contribution < -0.4 is 0 Å². The molecular weight excluding hydrogens is 1170 g/mol. The highest BCUT2D eigenvalue weighted by molar-refractivity contribution is 7.24. The quantitative estimate of drug-likeness (QED) is 0.0357. The zero-order chi connectivity index (χ0) is 62.7. The van der Waals surface area contributed by atoms with Gasteiger partial charge in [0, 0.05) is 48.4 Å². The summed E-state index contributed by atoms with van der Waals surface area (Å²) in [5.41, 5.74) is 24.8.